The van der Waals surface area contributed by atoms with Gasteiger partial charge in [-0.15, -0.1) is 0 Å². The van der Waals surface area contributed by atoms with Crippen molar-refractivity contribution in [3.05, 3.63) is 0 Å². The molecule has 220 valence electrons. The molecule has 0 aromatic heterocycles. The minimum atomic E-state index is -0.927. The summed E-state index contributed by atoms with van der Waals surface area (Å²) >= 11 is 0. The minimum Gasteiger partial charge on any atom is -0.459 e. The molecule has 11 heteroatoms. The Morgan fingerprint density at radius 2 is 1.37 bits per heavy atom. The lowest BCUT2D eigenvalue weighted by atomic mass is 9.99. The Labute approximate surface area is 227 Å². The SMILES string of the molecule is CC(C)C[C@H](NC(=O)[C@H](NC(=O)OC(C)(C)C)C(C)C)C(=O)N[C@H](C=O)CCCC(N)C(=O)OC(C)(C)C. The Kier molecular flexibility index (Phi) is 14.5. The Balaban J connectivity index is 5.20. The smallest absolute Gasteiger partial charge is 0.408 e. The quantitative estimate of drug-likeness (QED) is 0.192. The maximum atomic E-state index is 13.1. The first-order valence-corrected chi connectivity index (χ1v) is 13.3. The van der Waals surface area contributed by atoms with E-state index in [4.69, 9.17) is 15.2 Å². The zero-order chi connectivity index (χ0) is 29.8. The fourth-order valence-corrected chi connectivity index (χ4v) is 3.44. The number of hydrogen-bond donors (Lipinski definition) is 4. The summed E-state index contributed by atoms with van der Waals surface area (Å²) in [6, 6.07) is -3.50. The number of esters is 1. The van der Waals surface area contributed by atoms with E-state index in [0.29, 0.717) is 19.1 Å². The third-order valence-electron chi connectivity index (χ3n) is 5.19. The second-order valence-corrected chi connectivity index (χ2v) is 12.4. The lowest BCUT2D eigenvalue weighted by Crippen LogP contribution is -2.57. The van der Waals surface area contributed by atoms with Gasteiger partial charge in [0.1, 0.15) is 35.6 Å². The van der Waals surface area contributed by atoms with Crippen LogP contribution in [-0.4, -0.2) is 65.5 Å². The molecule has 0 aromatic carbocycles. The number of carbonyl (C=O) groups excluding carboxylic acids is 5. The van der Waals surface area contributed by atoms with Crippen LogP contribution in [0.15, 0.2) is 0 Å². The first-order chi connectivity index (χ1) is 17.3. The molecule has 3 amide bonds. The number of aldehydes is 1. The standard InChI is InChI=1S/C27H50N4O7/c1-16(2)14-20(30-23(34)21(17(3)4)31-25(36)38-27(8,9)10)22(33)29-18(15-32)12-11-13-19(28)24(35)37-26(5,6)7/h15-21H,11-14,28H2,1-10H3,(H,29,33)(H,30,34)(H,31,36)/t18-,19?,20-,21+/m0/s1. The van der Waals surface area contributed by atoms with Gasteiger partial charge in [-0.3, -0.25) is 14.4 Å². The zero-order valence-electron chi connectivity index (χ0n) is 24.8. The molecule has 0 radical (unpaired) electrons. The van der Waals surface area contributed by atoms with Crippen LogP contribution in [0.4, 0.5) is 4.79 Å². The fraction of sp³-hybridized carbons (Fsp3) is 0.815. The molecule has 0 aliphatic heterocycles. The summed E-state index contributed by atoms with van der Waals surface area (Å²) in [4.78, 5) is 62.1. The number of rotatable bonds is 14. The van der Waals surface area contributed by atoms with Crippen molar-refractivity contribution in [2.45, 2.75) is 130 Å². The highest BCUT2D eigenvalue weighted by atomic mass is 16.6. The molecular weight excluding hydrogens is 492 g/mol. The molecule has 1 unspecified atom stereocenters. The van der Waals surface area contributed by atoms with Gasteiger partial charge in [0.15, 0.2) is 0 Å². The zero-order valence-corrected chi connectivity index (χ0v) is 24.8. The molecule has 0 aromatic rings. The number of amides is 3. The van der Waals surface area contributed by atoms with Gasteiger partial charge in [-0.05, 0) is 79.1 Å². The highest BCUT2D eigenvalue weighted by molar-refractivity contribution is 5.92. The van der Waals surface area contributed by atoms with Crippen LogP contribution < -0.4 is 21.7 Å². The summed E-state index contributed by atoms with van der Waals surface area (Å²) in [5.41, 5.74) is 4.51. The van der Waals surface area contributed by atoms with Gasteiger partial charge >= 0.3 is 12.1 Å². The van der Waals surface area contributed by atoms with Crippen LogP contribution in [0.3, 0.4) is 0 Å². The van der Waals surface area contributed by atoms with E-state index in [2.05, 4.69) is 16.0 Å². The van der Waals surface area contributed by atoms with E-state index in [0.717, 1.165) is 0 Å². The fourth-order valence-electron chi connectivity index (χ4n) is 3.44. The third-order valence-corrected chi connectivity index (χ3v) is 5.19. The molecular formula is C27H50N4O7. The number of hydrogen-bond acceptors (Lipinski definition) is 8. The maximum absolute atomic E-state index is 13.1. The molecule has 11 nitrogen and oxygen atoms in total. The predicted molar refractivity (Wildman–Crippen MR) is 145 cm³/mol. The molecule has 0 bridgehead atoms. The van der Waals surface area contributed by atoms with Crippen LogP contribution in [0.1, 0.15) is 94.9 Å². The third kappa shape index (κ3) is 15.5. The Bertz CT molecular complexity index is 800. The van der Waals surface area contributed by atoms with E-state index in [1.807, 2.05) is 13.8 Å². The summed E-state index contributed by atoms with van der Waals surface area (Å²) in [6.07, 6.45) is 1.16. The monoisotopic (exact) mass is 542 g/mol. The topological polar surface area (TPSA) is 166 Å². The van der Waals surface area contributed by atoms with Crippen molar-refractivity contribution in [3.63, 3.8) is 0 Å². The van der Waals surface area contributed by atoms with Gasteiger partial charge < -0.3 is 36.0 Å². The maximum Gasteiger partial charge on any atom is 0.408 e. The number of ether oxygens (including phenoxy) is 2. The number of nitrogens with one attached hydrogen (secondary N) is 3. The largest absolute Gasteiger partial charge is 0.459 e. The molecule has 0 aliphatic carbocycles. The highest BCUT2D eigenvalue weighted by Gasteiger charge is 2.31. The van der Waals surface area contributed by atoms with E-state index < -0.39 is 59.2 Å². The normalized spacial score (nSPS) is 15.2. The van der Waals surface area contributed by atoms with Crippen LogP contribution in [0.25, 0.3) is 0 Å². The summed E-state index contributed by atoms with van der Waals surface area (Å²) in [6.45, 7) is 17.7. The highest BCUT2D eigenvalue weighted by Crippen LogP contribution is 2.13. The molecule has 5 N–H and O–H groups in total. The first-order valence-electron chi connectivity index (χ1n) is 13.3. The van der Waals surface area contributed by atoms with Crippen LogP contribution in [-0.2, 0) is 28.7 Å². The molecule has 0 heterocycles. The predicted octanol–water partition coefficient (Wildman–Crippen LogP) is 2.59. The van der Waals surface area contributed by atoms with E-state index >= 15 is 0 Å². The molecule has 38 heavy (non-hydrogen) atoms. The summed E-state index contributed by atoms with van der Waals surface area (Å²) < 4.78 is 10.5. The second-order valence-electron chi connectivity index (χ2n) is 12.4. The van der Waals surface area contributed by atoms with Crippen molar-refractivity contribution in [2.75, 3.05) is 0 Å². The average molecular weight is 543 g/mol. The minimum absolute atomic E-state index is 0.0591. The van der Waals surface area contributed by atoms with Crippen LogP contribution in [0, 0.1) is 11.8 Å². The molecule has 0 fully saturated rings. The van der Waals surface area contributed by atoms with Crippen molar-refractivity contribution in [2.24, 2.45) is 17.6 Å². The molecule has 0 saturated carbocycles. The number of carbonyl (C=O) groups is 5. The van der Waals surface area contributed by atoms with E-state index in [1.54, 1.807) is 55.4 Å². The van der Waals surface area contributed by atoms with Crippen molar-refractivity contribution < 1.29 is 33.4 Å². The van der Waals surface area contributed by atoms with Crippen molar-refractivity contribution in [1.82, 2.24) is 16.0 Å². The van der Waals surface area contributed by atoms with Gasteiger partial charge in [-0.25, -0.2) is 4.79 Å². The lowest BCUT2D eigenvalue weighted by Gasteiger charge is -2.28. The lowest BCUT2D eigenvalue weighted by molar-refractivity contribution is -0.156. The molecule has 0 saturated heterocycles. The van der Waals surface area contributed by atoms with Gasteiger partial charge in [0.2, 0.25) is 11.8 Å². The van der Waals surface area contributed by atoms with Gasteiger partial charge in [0.05, 0.1) is 6.04 Å². The van der Waals surface area contributed by atoms with Gasteiger partial charge in [0.25, 0.3) is 0 Å². The van der Waals surface area contributed by atoms with Gasteiger partial charge in [-0.2, -0.15) is 0 Å². The van der Waals surface area contributed by atoms with Crippen LogP contribution >= 0.6 is 0 Å². The molecule has 0 rings (SSSR count). The van der Waals surface area contributed by atoms with Gasteiger partial charge in [0, 0.05) is 0 Å². The molecule has 0 spiro atoms. The van der Waals surface area contributed by atoms with Crippen molar-refractivity contribution in [1.29, 1.82) is 0 Å². The summed E-state index contributed by atoms with van der Waals surface area (Å²) in [7, 11) is 0. The average Bonchev–Trinajstić information content (AvgIpc) is 2.72. The Morgan fingerprint density at radius 3 is 1.82 bits per heavy atom. The Hall–Kier alpha value is -2.69. The van der Waals surface area contributed by atoms with Crippen molar-refractivity contribution >= 4 is 30.2 Å². The first kappa shape index (κ1) is 35.3. The van der Waals surface area contributed by atoms with E-state index in [1.165, 1.54) is 0 Å². The van der Waals surface area contributed by atoms with E-state index in [-0.39, 0.29) is 24.7 Å². The van der Waals surface area contributed by atoms with E-state index in [9.17, 15) is 24.0 Å². The van der Waals surface area contributed by atoms with Crippen LogP contribution in [0.2, 0.25) is 0 Å². The molecule has 4 atom stereocenters. The van der Waals surface area contributed by atoms with Gasteiger partial charge in [-0.1, -0.05) is 27.7 Å². The molecule has 0 aliphatic rings. The summed E-state index contributed by atoms with van der Waals surface area (Å²) in [5, 5.41) is 7.96. The number of nitrogens with two attached hydrogens (primary N) is 1. The Morgan fingerprint density at radius 1 is 0.816 bits per heavy atom. The van der Waals surface area contributed by atoms with Crippen molar-refractivity contribution in [3.8, 4) is 0 Å². The van der Waals surface area contributed by atoms with Crippen LogP contribution in [0.5, 0.6) is 0 Å². The second kappa shape index (κ2) is 15.7. The summed E-state index contributed by atoms with van der Waals surface area (Å²) in [5.74, 6) is -1.78. The number of alkyl carbamates (subject to hydrolysis) is 1.